The van der Waals surface area contributed by atoms with Gasteiger partial charge in [-0.15, -0.1) is 0 Å². The molecule has 1 aromatic heterocycles. The molecule has 2 rings (SSSR count). The lowest BCUT2D eigenvalue weighted by Gasteiger charge is -2.07. The van der Waals surface area contributed by atoms with Gasteiger partial charge in [0.15, 0.2) is 0 Å². The van der Waals surface area contributed by atoms with Crippen LogP contribution in [0.4, 0.5) is 4.39 Å². The van der Waals surface area contributed by atoms with E-state index in [9.17, 15) is 9.18 Å². The van der Waals surface area contributed by atoms with Crippen LogP contribution < -0.4 is 11.3 Å². The summed E-state index contributed by atoms with van der Waals surface area (Å²) in [6.07, 6.45) is 1.46. The molecular formula is C13H14FN3O. The van der Waals surface area contributed by atoms with Crippen LogP contribution in [0.15, 0.2) is 35.4 Å². The van der Waals surface area contributed by atoms with E-state index in [1.54, 1.807) is 13.0 Å². The van der Waals surface area contributed by atoms with E-state index in [4.69, 9.17) is 5.73 Å². The van der Waals surface area contributed by atoms with Crippen molar-refractivity contribution in [3.8, 4) is 0 Å². The molecule has 0 spiro atoms. The van der Waals surface area contributed by atoms with E-state index < -0.39 is 0 Å². The van der Waals surface area contributed by atoms with Crippen LogP contribution >= 0.6 is 0 Å². The van der Waals surface area contributed by atoms with Crippen molar-refractivity contribution in [2.75, 3.05) is 0 Å². The van der Waals surface area contributed by atoms with Crippen molar-refractivity contribution < 1.29 is 4.39 Å². The zero-order chi connectivity index (χ0) is 13.1. The second-order valence-electron chi connectivity index (χ2n) is 4.17. The van der Waals surface area contributed by atoms with Crippen LogP contribution in [-0.4, -0.2) is 9.55 Å². The number of aryl methyl sites for hydroxylation is 1. The summed E-state index contributed by atoms with van der Waals surface area (Å²) in [4.78, 5) is 15.7. The van der Waals surface area contributed by atoms with Crippen LogP contribution in [0.5, 0.6) is 0 Å². The fraction of sp³-hybridized carbons (Fsp3) is 0.231. The third-order valence-electron chi connectivity index (χ3n) is 2.62. The summed E-state index contributed by atoms with van der Waals surface area (Å²) in [5.74, 6) is -0.346. The van der Waals surface area contributed by atoms with Crippen LogP contribution in [0.1, 0.15) is 16.8 Å². The summed E-state index contributed by atoms with van der Waals surface area (Å²) < 4.78 is 14.8. The molecule has 94 valence electrons. The van der Waals surface area contributed by atoms with Gasteiger partial charge in [0.05, 0.1) is 12.9 Å². The molecule has 4 nitrogen and oxygen atoms in total. The van der Waals surface area contributed by atoms with Crippen molar-refractivity contribution in [3.05, 3.63) is 63.6 Å². The Balaban J connectivity index is 2.33. The first-order chi connectivity index (χ1) is 8.58. The van der Waals surface area contributed by atoms with Gasteiger partial charge >= 0.3 is 0 Å². The quantitative estimate of drug-likeness (QED) is 0.886. The van der Waals surface area contributed by atoms with E-state index in [2.05, 4.69) is 4.98 Å². The molecule has 2 N–H and O–H groups in total. The maximum Gasteiger partial charge on any atom is 0.253 e. The maximum atomic E-state index is 13.3. The van der Waals surface area contributed by atoms with Crippen LogP contribution in [-0.2, 0) is 13.1 Å². The molecule has 0 aliphatic carbocycles. The summed E-state index contributed by atoms with van der Waals surface area (Å²) in [5.41, 5.74) is 7.40. The molecule has 0 aliphatic rings. The highest BCUT2D eigenvalue weighted by Crippen LogP contribution is 2.09. The first-order valence-electron chi connectivity index (χ1n) is 5.60. The molecule has 0 amide bonds. The Morgan fingerprint density at radius 3 is 2.67 bits per heavy atom. The summed E-state index contributed by atoms with van der Waals surface area (Å²) in [6, 6.07) is 6.02. The fourth-order valence-corrected chi connectivity index (χ4v) is 1.76. The van der Waals surface area contributed by atoms with Gasteiger partial charge in [-0.3, -0.25) is 9.36 Å². The van der Waals surface area contributed by atoms with Crippen molar-refractivity contribution in [3.63, 3.8) is 0 Å². The predicted molar refractivity (Wildman–Crippen MR) is 66.6 cm³/mol. The molecular weight excluding hydrogens is 233 g/mol. The number of halogens is 1. The van der Waals surface area contributed by atoms with Crippen molar-refractivity contribution >= 4 is 0 Å². The van der Waals surface area contributed by atoms with Gasteiger partial charge in [0, 0.05) is 18.3 Å². The number of benzene rings is 1. The minimum absolute atomic E-state index is 0.152. The average molecular weight is 247 g/mol. The summed E-state index contributed by atoms with van der Waals surface area (Å²) in [5, 5.41) is 0. The summed E-state index contributed by atoms with van der Waals surface area (Å²) >= 11 is 0. The normalized spacial score (nSPS) is 10.6. The largest absolute Gasteiger partial charge is 0.326 e. The van der Waals surface area contributed by atoms with Crippen molar-refractivity contribution in [1.29, 1.82) is 0 Å². The lowest BCUT2D eigenvalue weighted by atomic mass is 10.1. The predicted octanol–water partition coefficient (Wildman–Crippen LogP) is 1.20. The van der Waals surface area contributed by atoms with Crippen molar-refractivity contribution in [1.82, 2.24) is 9.55 Å². The van der Waals surface area contributed by atoms with Crippen LogP contribution in [0.2, 0.25) is 0 Å². The second-order valence-corrected chi connectivity index (χ2v) is 4.17. The molecule has 0 saturated carbocycles. The maximum absolute atomic E-state index is 13.3. The van der Waals surface area contributed by atoms with Gasteiger partial charge in [-0.25, -0.2) is 9.37 Å². The van der Waals surface area contributed by atoms with Crippen molar-refractivity contribution in [2.45, 2.75) is 20.0 Å². The molecule has 0 unspecified atom stereocenters. The minimum Gasteiger partial charge on any atom is -0.326 e. The van der Waals surface area contributed by atoms with Gasteiger partial charge in [-0.2, -0.15) is 0 Å². The molecule has 0 bridgehead atoms. The number of nitrogens with zero attached hydrogens (tertiary/aromatic N) is 2. The molecule has 2 aromatic rings. The van der Waals surface area contributed by atoms with Gasteiger partial charge in [0.1, 0.15) is 5.82 Å². The molecule has 0 saturated heterocycles. The SMILES string of the molecule is Cc1cc(=O)n(Cc2cc(F)cc(CN)c2)cn1. The number of aromatic nitrogens is 2. The molecule has 1 heterocycles. The number of hydrogen-bond acceptors (Lipinski definition) is 3. The Morgan fingerprint density at radius 2 is 2.00 bits per heavy atom. The van der Waals surface area contributed by atoms with E-state index in [1.807, 2.05) is 0 Å². The molecule has 5 heteroatoms. The lowest BCUT2D eigenvalue weighted by Crippen LogP contribution is -2.20. The Labute approximate surface area is 104 Å². The lowest BCUT2D eigenvalue weighted by molar-refractivity contribution is 0.619. The van der Waals surface area contributed by atoms with E-state index in [0.717, 1.165) is 0 Å². The standard InChI is InChI=1S/C13H14FN3O/c1-9-2-13(18)17(8-16-9)7-11-3-10(6-15)4-12(14)5-11/h2-5,8H,6-7,15H2,1H3. The Morgan fingerprint density at radius 1 is 1.28 bits per heavy atom. The molecule has 1 aromatic carbocycles. The number of rotatable bonds is 3. The van der Waals surface area contributed by atoms with E-state index >= 15 is 0 Å². The highest BCUT2D eigenvalue weighted by molar-refractivity contribution is 5.24. The average Bonchev–Trinajstić information content (AvgIpc) is 2.32. The molecule has 0 aliphatic heterocycles. The molecule has 0 radical (unpaired) electrons. The highest BCUT2D eigenvalue weighted by atomic mass is 19.1. The monoisotopic (exact) mass is 247 g/mol. The first-order valence-corrected chi connectivity index (χ1v) is 5.60. The molecule has 0 fully saturated rings. The minimum atomic E-state index is -0.346. The third kappa shape index (κ3) is 2.81. The van der Waals surface area contributed by atoms with E-state index in [-0.39, 0.29) is 24.5 Å². The first kappa shape index (κ1) is 12.4. The van der Waals surface area contributed by atoms with Crippen LogP contribution in [0.25, 0.3) is 0 Å². The summed E-state index contributed by atoms with van der Waals surface area (Å²) in [7, 11) is 0. The zero-order valence-electron chi connectivity index (χ0n) is 10.1. The van der Waals surface area contributed by atoms with Gasteiger partial charge in [0.2, 0.25) is 0 Å². The van der Waals surface area contributed by atoms with Crippen molar-refractivity contribution in [2.24, 2.45) is 5.73 Å². The second kappa shape index (κ2) is 5.10. The third-order valence-corrected chi connectivity index (χ3v) is 2.62. The highest BCUT2D eigenvalue weighted by Gasteiger charge is 2.03. The zero-order valence-corrected chi connectivity index (χ0v) is 10.1. The number of nitrogens with two attached hydrogens (primary N) is 1. The van der Waals surface area contributed by atoms with E-state index in [1.165, 1.54) is 29.1 Å². The van der Waals surface area contributed by atoms with Gasteiger partial charge in [-0.05, 0) is 30.2 Å². The molecule has 18 heavy (non-hydrogen) atoms. The van der Waals surface area contributed by atoms with Crippen LogP contribution in [0.3, 0.4) is 0 Å². The Hall–Kier alpha value is -2.01. The fourth-order valence-electron chi connectivity index (χ4n) is 1.76. The topological polar surface area (TPSA) is 60.9 Å². The molecule has 0 atom stereocenters. The van der Waals surface area contributed by atoms with Crippen LogP contribution in [0, 0.1) is 12.7 Å². The van der Waals surface area contributed by atoms with Gasteiger partial charge < -0.3 is 5.73 Å². The van der Waals surface area contributed by atoms with Gasteiger partial charge in [-0.1, -0.05) is 6.07 Å². The summed E-state index contributed by atoms with van der Waals surface area (Å²) in [6.45, 7) is 2.31. The van der Waals surface area contributed by atoms with E-state index in [0.29, 0.717) is 16.8 Å². The number of hydrogen-bond donors (Lipinski definition) is 1. The van der Waals surface area contributed by atoms with Gasteiger partial charge in [0.25, 0.3) is 5.56 Å². The Kier molecular flexibility index (Phi) is 3.53. The Bertz CT molecular complexity index is 622. The smallest absolute Gasteiger partial charge is 0.253 e.